The van der Waals surface area contributed by atoms with Crippen molar-refractivity contribution in [3.63, 3.8) is 0 Å². The summed E-state index contributed by atoms with van der Waals surface area (Å²) in [5, 5.41) is 4.00. The van der Waals surface area contributed by atoms with Crippen LogP contribution in [0.4, 0.5) is 0 Å². The Kier molecular flexibility index (Phi) is 6.87. The third-order valence-corrected chi connectivity index (χ3v) is 6.37. The first-order valence-electron chi connectivity index (χ1n) is 5.47. The molecular formula is C11H16O3SSn. The van der Waals surface area contributed by atoms with Crippen LogP contribution in [-0.2, 0) is 17.4 Å². The molecule has 0 amide bonds. The second kappa shape index (κ2) is 7.95. The van der Waals surface area contributed by atoms with Gasteiger partial charge in [-0.3, -0.25) is 0 Å². The average Bonchev–Trinajstić information content (AvgIpc) is 2.76. The molecule has 0 spiro atoms. The molecule has 1 heterocycles. The number of thiophene rings is 1. The van der Waals surface area contributed by atoms with E-state index in [1.54, 1.807) is 11.3 Å². The molecule has 0 aromatic carbocycles. The van der Waals surface area contributed by atoms with Gasteiger partial charge in [-0.2, -0.15) is 0 Å². The van der Waals surface area contributed by atoms with E-state index in [0.717, 1.165) is 18.4 Å². The number of carbonyl (C=O) groups is 1. The van der Waals surface area contributed by atoms with Crippen LogP contribution >= 0.6 is 11.3 Å². The van der Waals surface area contributed by atoms with Gasteiger partial charge in [-0.05, 0) is 0 Å². The molecule has 5 heteroatoms. The van der Waals surface area contributed by atoms with Crippen molar-refractivity contribution in [3.8, 4) is 0 Å². The molecule has 0 aliphatic rings. The fourth-order valence-electron chi connectivity index (χ4n) is 1.23. The van der Waals surface area contributed by atoms with Crippen LogP contribution in [0.15, 0.2) is 16.8 Å². The van der Waals surface area contributed by atoms with Crippen LogP contribution in [-0.4, -0.2) is 26.1 Å². The Labute approximate surface area is 107 Å². The van der Waals surface area contributed by atoms with Gasteiger partial charge in [-0.15, -0.1) is 0 Å². The molecule has 0 atom stereocenters. The number of hydrogen-bond acceptors (Lipinski definition) is 4. The Hall–Kier alpha value is -0.231. The van der Waals surface area contributed by atoms with Crippen molar-refractivity contribution < 1.29 is 10.9 Å². The van der Waals surface area contributed by atoms with Crippen LogP contribution in [0.25, 0.3) is 0 Å². The predicted octanol–water partition coefficient (Wildman–Crippen LogP) is 2.94. The zero-order valence-electron chi connectivity index (χ0n) is 9.40. The predicted molar refractivity (Wildman–Crippen MR) is 64.9 cm³/mol. The summed E-state index contributed by atoms with van der Waals surface area (Å²) in [4.78, 5) is 11.3. The summed E-state index contributed by atoms with van der Waals surface area (Å²) in [6, 6.07) is 1.99. The van der Waals surface area contributed by atoms with Crippen molar-refractivity contribution in [2.75, 3.05) is 0 Å². The van der Waals surface area contributed by atoms with E-state index in [0.29, 0.717) is 17.3 Å². The standard InChI is InChI=1S/C7H8O2S.C4H9.O.Sn/c8-7(9)2-1-6-3-4-10-5-6;1-3-4-2;;/h3-5H,1-2H2,(H,8,9);1,3-4H2,2H3;;/q;;;+1/p-1. The number of rotatable bonds is 7. The summed E-state index contributed by atoms with van der Waals surface area (Å²) in [7, 11) is 0. The number of unbranched alkanes of at least 4 members (excludes halogenated alkanes) is 1. The van der Waals surface area contributed by atoms with Gasteiger partial charge in [-0.1, -0.05) is 0 Å². The molecule has 0 N–H and O–H groups in total. The monoisotopic (exact) mass is 348 g/mol. The molecule has 0 bridgehead atoms. The second-order valence-electron chi connectivity index (χ2n) is 3.58. The molecule has 1 aromatic heterocycles. The molecule has 0 saturated heterocycles. The average molecular weight is 347 g/mol. The van der Waals surface area contributed by atoms with Crippen molar-refractivity contribution >= 4 is 37.5 Å². The minimum atomic E-state index is -3.03. The van der Waals surface area contributed by atoms with E-state index in [2.05, 4.69) is 0 Å². The normalized spacial score (nSPS) is 10.1. The Morgan fingerprint density at radius 2 is 2.38 bits per heavy atom. The Morgan fingerprint density at radius 1 is 1.56 bits per heavy atom. The summed E-state index contributed by atoms with van der Waals surface area (Å²) in [5.41, 5.74) is 1.14. The van der Waals surface area contributed by atoms with Gasteiger partial charge in [0.2, 0.25) is 0 Å². The van der Waals surface area contributed by atoms with E-state index in [9.17, 15) is 7.87 Å². The molecule has 0 aliphatic carbocycles. The zero-order valence-corrected chi connectivity index (χ0v) is 13.1. The van der Waals surface area contributed by atoms with E-state index < -0.39 is 20.2 Å². The third-order valence-electron chi connectivity index (χ3n) is 2.16. The second-order valence-corrected chi connectivity index (χ2v) is 8.49. The SMILES string of the molecule is CCC[CH2][Sn](=[O])[O]C(=O)CCc1ccsc1. The quantitative estimate of drug-likeness (QED) is 0.713. The van der Waals surface area contributed by atoms with Gasteiger partial charge in [0.15, 0.2) is 0 Å². The zero-order chi connectivity index (χ0) is 11.8. The van der Waals surface area contributed by atoms with E-state index in [1.807, 2.05) is 23.8 Å². The van der Waals surface area contributed by atoms with E-state index in [-0.39, 0.29) is 5.97 Å². The van der Waals surface area contributed by atoms with Gasteiger partial charge in [0.05, 0.1) is 0 Å². The number of carbonyl (C=O) groups excluding carboxylic acids is 1. The first-order chi connectivity index (χ1) is 7.72. The number of hydrogen-bond donors (Lipinski definition) is 0. The van der Waals surface area contributed by atoms with Crippen molar-refractivity contribution in [1.29, 1.82) is 0 Å². The summed E-state index contributed by atoms with van der Waals surface area (Å²) < 4.78 is 17.0. The van der Waals surface area contributed by atoms with Gasteiger partial charge in [-0.25, -0.2) is 0 Å². The molecule has 1 aromatic rings. The van der Waals surface area contributed by atoms with E-state index in [1.165, 1.54) is 0 Å². The van der Waals surface area contributed by atoms with Crippen LogP contribution in [0.5, 0.6) is 0 Å². The molecule has 0 radical (unpaired) electrons. The Balaban J connectivity index is 2.18. The number of aryl methyl sites for hydroxylation is 1. The maximum absolute atomic E-state index is 11.4. The van der Waals surface area contributed by atoms with Crippen LogP contribution in [0.3, 0.4) is 0 Å². The molecule has 0 unspecified atom stereocenters. The van der Waals surface area contributed by atoms with Gasteiger partial charge >= 0.3 is 108 Å². The molecule has 0 aliphatic heterocycles. The van der Waals surface area contributed by atoms with Gasteiger partial charge in [0.1, 0.15) is 0 Å². The molecule has 1 rings (SSSR count). The summed E-state index contributed by atoms with van der Waals surface area (Å²) in [5.74, 6) is -0.299. The van der Waals surface area contributed by atoms with Crippen LogP contribution in [0, 0.1) is 0 Å². The fourth-order valence-corrected chi connectivity index (χ4v) is 5.07. The molecule has 3 nitrogen and oxygen atoms in total. The van der Waals surface area contributed by atoms with Gasteiger partial charge in [0, 0.05) is 0 Å². The minimum absolute atomic E-state index is 0.299. The summed E-state index contributed by atoms with van der Waals surface area (Å²) >= 11 is -1.41. The van der Waals surface area contributed by atoms with Gasteiger partial charge < -0.3 is 0 Å². The van der Waals surface area contributed by atoms with Crippen molar-refractivity contribution in [3.05, 3.63) is 22.4 Å². The third kappa shape index (κ3) is 5.74. The first-order valence-corrected chi connectivity index (χ1v) is 10.8. The molecule has 0 fully saturated rings. The Morgan fingerprint density at radius 3 is 3.00 bits per heavy atom. The van der Waals surface area contributed by atoms with E-state index >= 15 is 0 Å². The summed E-state index contributed by atoms with van der Waals surface area (Å²) in [6.07, 6.45) is 2.93. The molecule has 0 saturated carbocycles. The topological polar surface area (TPSA) is 43.4 Å². The molecular weight excluding hydrogens is 331 g/mol. The molecule has 88 valence electrons. The molecule has 16 heavy (non-hydrogen) atoms. The van der Waals surface area contributed by atoms with Crippen LogP contribution in [0.2, 0.25) is 4.44 Å². The van der Waals surface area contributed by atoms with Crippen LogP contribution < -0.4 is 0 Å². The van der Waals surface area contributed by atoms with Gasteiger partial charge in [0.25, 0.3) is 0 Å². The van der Waals surface area contributed by atoms with Crippen LogP contribution in [0.1, 0.15) is 31.7 Å². The first kappa shape index (κ1) is 13.8. The van der Waals surface area contributed by atoms with Crippen molar-refractivity contribution in [2.24, 2.45) is 0 Å². The Bertz CT molecular complexity index is 335. The van der Waals surface area contributed by atoms with E-state index in [4.69, 9.17) is 3.07 Å². The fraction of sp³-hybridized carbons (Fsp3) is 0.545. The van der Waals surface area contributed by atoms with Crippen molar-refractivity contribution in [1.82, 2.24) is 0 Å². The summed E-state index contributed by atoms with van der Waals surface area (Å²) in [6.45, 7) is 2.04. The van der Waals surface area contributed by atoms with Crippen molar-refractivity contribution in [2.45, 2.75) is 37.0 Å². The maximum atomic E-state index is 11.4.